The Labute approximate surface area is 95.6 Å². The molecule has 3 heteroatoms. The molecule has 0 aliphatic carbocycles. The van der Waals surface area contributed by atoms with E-state index in [1.165, 1.54) is 30.5 Å². The number of carbonyl (C=O) groups is 1. The number of carbonyl (C=O) groups excluding carboxylic acids is 1. The Balaban J connectivity index is 0.000000221. The second kappa shape index (κ2) is 5.35. The quantitative estimate of drug-likeness (QED) is 0.638. The Morgan fingerprint density at radius 1 is 1.31 bits per heavy atom. The van der Waals surface area contributed by atoms with E-state index in [0.29, 0.717) is 0 Å². The molecule has 0 saturated carbocycles. The lowest BCUT2D eigenvalue weighted by Crippen LogP contribution is -1.88. The molecule has 16 heavy (non-hydrogen) atoms. The summed E-state index contributed by atoms with van der Waals surface area (Å²) in [5.74, 6) is -0.245. The summed E-state index contributed by atoms with van der Waals surface area (Å²) in [4.78, 5) is 9.59. The van der Waals surface area contributed by atoms with Crippen LogP contribution in [-0.2, 0) is 16.6 Å². The molecule has 1 aromatic carbocycles. The van der Waals surface area contributed by atoms with Crippen molar-refractivity contribution < 1.29 is 9.53 Å². The van der Waals surface area contributed by atoms with Gasteiger partial charge in [0.05, 0.1) is 7.11 Å². The van der Waals surface area contributed by atoms with Crippen LogP contribution < -0.4 is 0 Å². The number of aryl methyl sites for hydroxylation is 2. The van der Waals surface area contributed by atoms with Gasteiger partial charge >= 0.3 is 5.97 Å². The monoisotopic (exact) mass is 219 g/mol. The van der Waals surface area contributed by atoms with Gasteiger partial charge in [-0.1, -0.05) is 18.2 Å². The van der Waals surface area contributed by atoms with Crippen LogP contribution in [0.4, 0.5) is 0 Å². The highest BCUT2D eigenvalue weighted by Gasteiger charge is 1.98. The molecule has 2 aromatic rings. The Kier molecular flexibility index (Phi) is 4.11. The molecule has 86 valence electrons. The number of methoxy groups -OCH3 is 1. The number of fused-ring (bicyclic) bond motifs is 1. The summed E-state index contributed by atoms with van der Waals surface area (Å²) in [7, 11) is 3.43. The van der Waals surface area contributed by atoms with Gasteiger partial charge in [-0.2, -0.15) is 0 Å². The molecular weight excluding hydrogens is 202 g/mol. The first-order chi connectivity index (χ1) is 7.56. The summed E-state index contributed by atoms with van der Waals surface area (Å²) in [5.41, 5.74) is 2.66. The molecule has 0 bridgehead atoms. The highest BCUT2D eigenvalue weighted by molar-refractivity contribution is 5.83. The zero-order valence-electron chi connectivity index (χ0n) is 10.2. The molecule has 0 unspecified atom stereocenters. The first-order valence-corrected chi connectivity index (χ1v) is 5.11. The molecule has 0 aliphatic rings. The number of nitrogens with zero attached hydrogens (tertiary/aromatic N) is 1. The van der Waals surface area contributed by atoms with Gasteiger partial charge in [-0.15, -0.1) is 0 Å². The van der Waals surface area contributed by atoms with E-state index in [9.17, 15) is 4.79 Å². The molecule has 0 spiro atoms. The van der Waals surface area contributed by atoms with Crippen molar-refractivity contribution in [2.45, 2.75) is 13.8 Å². The molecule has 0 N–H and O–H groups in total. The molecule has 1 heterocycles. The first-order valence-electron chi connectivity index (χ1n) is 5.11. The average molecular weight is 219 g/mol. The fourth-order valence-electron chi connectivity index (χ4n) is 1.54. The topological polar surface area (TPSA) is 31.2 Å². The zero-order valence-corrected chi connectivity index (χ0v) is 10.2. The molecule has 0 fully saturated rings. The van der Waals surface area contributed by atoms with E-state index in [-0.39, 0.29) is 5.97 Å². The molecule has 0 radical (unpaired) electrons. The number of ether oxygens (including phenoxy) is 1. The summed E-state index contributed by atoms with van der Waals surface area (Å²) >= 11 is 0. The largest absolute Gasteiger partial charge is 0.469 e. The van der Waals surface area contributed by atoms with Gasteiger partial charge in [-0.05, 0) is 18.6 Å². The van der Waals surface area contributed by atoms with E-state index >= 15 is 0 Å². The van der Waals surface area contributed by atoms with E-state index < -0.39 is 0 Å². The normalized spacial score (nSPS) is 9.50. The van der Waals surface area contributed by atoms with E-state index in [2.05, 4.69) is 53.7 Å². The van der Waals surface area contributed by atoms with Crippen LogP contribution in [0.25, 0.3) is 10.9 Å². The number of esters is 1. The van der Waals surface area contributed by atoms with Crippen LogP contribution in [0.1, 0.15) is 12.5 Å². The van der Waals surface area contributed by atoms with Crippen molar-refractivity contribution in [3.8, 4) is 0 Å². The average Bonchev–Trinajstić information content (AvgIpc) is 2.56. The van der Waals surface area contributed by atoms with Gasteiger partial charge in [-0.3, -0.25) is 4.79 Å². The van der Waals surface area contributed by atoms with Gasteiger partial charge in [0.2, 0.25) is 0 Å². The minimum absolute atomic E-state index is 0.245. The van der Waals surface area contributed by atoms with E-state index in [0.717, 1.165) is 0 Å². The number of hydrogen-bond donors (Lipinski definition) is 0. The molecule has 2 rings (SSSR count). The van der Waals surface area contributed by atoms with Crippen LogP contribution >= 0.6 is 0 Å². The van der Waals surface area contributed by atoms with Crippen LogP contribution in [-0.4, -0.2) is 17.6 Å². The van der Waals surface area contributed by atoms with Crippen LogP contribution in [0.15, 0.2) is 30.5 Å². The predicted octanol–water partition coefficient (Wildman–Crippen LogP) is 2.67. The van der Waals surface area contributed by atoms with Crippen LogP contribution in [0.3, 0.4) is 0 Å². The number of hydrogen-bond acceptors (Lipinski definition) is 2. The molecular formula is C13H17NO2. The third-order valence-corrected chi connectivity index (χ3v) is 2.38. The van der Waals surface area contributed by atoms with Crippen LogP contribution in [0.5, 0.6) is 0 Å². The number of aromatic nitrogens is 1. The summed E-state index contributed by atoms with van der Waals surface area (Å²) in [5, 5.41) is 1.36. The fourth-order valence-corrected chi connectivity index (χ4v) is 1.54. The standard InChI is InChI=1S/C10H11N.C3H6O2/c1-8-7-11(2)10-6-4-3-5-9(8)10;1-3(4)5-2/h3-7H,1-2H3;1-2H3. The highest BCUT2D eigenvalue weighted by atomic mass is 16.5. The van der Waals surface area contributed by atoms with Gasteiger partial charge in [0.1, 0.15) is 0 Å². The summed E-state index contributed by atoms with van der Waals surface area (Å²) in [6.45, 7) is 3.50. The van der Waals surface area contributed by atoms with Crippen molar-refractivity contribution in [2.24, 2.45) is 7.05 Å². The highest BCUT2D eigenvalue weighted by Crippen LogP contribution is 2.18. The molecule has 0 atom stereocenters. The SMILES string of the molecule is COC(C)=O.Cc1cn(C)c2ccccc12. The van der Waals surface area contributed by atoms with Crippen molar-refractivity contribution in [2.75, 3.05) is 7.11 Å². The second-order valence-electron chi connectivity index (χ2n) is 3.64. The zero-order chi connectivity index (χ0) is 12.1. The Hall–Kier alpha value is -1.77. The predicted molar refractivity (Wildman–Crippen MR) is 65.3 cm³/mol. The van der Waals surface area contributed by atoms with Gasteiger partial charge in [-0.25, -0.2) is 0 Å². The fraction of sp³-hybridized carbons (Fsp3) is 0.308. The lowest BCUT2D eigenvalue weighted by Gasteiger charge is -1.92. The van der Waals surface area contributed by atoms with Crippen molar-refractivity contribution in [1.29, 1.82) is 0 Å². The number of benzene rings is 1. The Bertz CT molecular complexity index is 450. The molecule has 1 aromatic heterocycles. The summed E-state index contributed by atoms with van der Waals surface area (Å²) in [6, 6.07) is 8.45. The van der Waals surface area contributed by atoms with Crippen molar-refractivity contribution >= 4 is 16.9 Å². The maximum Gasteiger partial charge on any atom is 0.302 e. The van der Waals surface area contributed by atoms with E-state index in [4.69, 9.17) is 0 Å². The van der Waals surface area contributed by atoms with Gasteiger partial charge in [0.25, 0.3) is 0 Å². The minimum atomic E-state index is -0.245. The smallest absolute Gasteiger partial charge is 0.302 e. The Morgan fingerprint density at radius 2 is 1.88 bits per heavy atom. The number of rotatable bonds is 0. The lowest BCUT2D eigenvalue weighted by molar-refractivity contribution is -0.137. The third kappa shape index (κ3) is 2.86. The van der Waals surface area contributed by atoms with Crippen LogP contribution in [0, 0.1) is 6.92 Å². The molecule has 0 saturated heterocycles. The van der Waals surface area contributed by atoms with E-state index in [1.54, 1.807) is 0 Å². The second-order valence-corrected chi connectivity index (χ2v) is 3.64. The van der Waals surface area contributed by atoms with Gasteiger partial charge in [0.15, 0.2) is 0 Å². The van der Waals surface area contributed by atoms with E-state index in [1.807, 2.05) is 0 Å². The molecule has 0 aliphatic heterocycles. The maximum atomic E-state index is 9.59. The van der Waals surface area contributed by atoms with Gasteiger partial charge < -0.3 is 9.30 Å². The van der Waals surface area contributed by atoms with Crippen molar-refractivity contribution in [3.05, 3.63) is 36.0 Å². The van der Waals surface area contributed by atoms with Crippen molar-refractivity contribution in [3.63, 3.8) is 0 Å². The summed E-state index contributed by atoms with van der Waals surface area (Å²) < 4.78 is 6.27. The molecule has 0 amide bonds. The maximum absolute atomic E-state index is 9.59. The van der Waals surface area contributed by atoms with Crippen molar-refractivity contribution in [1.82, 2.24) is 4.57 Å². The molecule has 3 nitrogen and oxygen atoms in total. The lowest BCUT2D eigenvalue weighted by atomic mass is 10.2. The third-order valence-electron chi connectivity index (χ3n) is 2.38. The Morgan fingerprint density at radius 3 is 2.38 bits per heavy atom. The van der Waals surface area contributed by atoms with Gasteiger partial charge in [0, 0.05) is 31.1 Å². The minimum Gasteiger partial charge on any atom is -0.469 e. The number of para-hydroxylation sites is 1. The van der Waals surface area contributed by atoms with Crippen LogP contribution in [0.2, 0.25) is 0 Å². The first kappa shape index (κ1) is 12.3. The summed E-state index contributed by atoms with van der Waals surface area (Å²) in [6.07, 6.45) is 2.16.